The van der Waals surface area contributed by atoms with Gasteiger partial charge in [0.1, 0.15) is 11.1 Å². The first-order chi connectivity index (χ1) is 12.2. The summed E-state index contributed by atoms with van der Waals surface area (Å²) in [4.78, 5) is 8.33. The first kappa shape index (κ1) is 17.7. The van der Waals surface area contributed by atoms with Gasteiger partial charge in [-0.1, -0.05) is 19.1 Å². The zero-order chi connectivity index (χ0) is 17.8. The lowest BCUT2D eigenvalue weighted by Gasteiger charge is -2.20. The van der Waals surface area contributed by atoms with Gasteiger partial charge in [-0.3, -0.25) is 0 Å². The van der Waals surface area contributed by atoms with Gasteiger partial charge in [0, 0.05) is 29.9 Å². The van der Waals surface area contributed by atoms with Gasteiger partial charge >= 0.3 is 0 Å². The number of hydrogen-bond acceptors (Lipinski definition) is 4. The van der Waals surface area contributed by atoms with Crippen molar-refractivity contribution in [2.45, 2.75) is 40.0 Å². The first-order valence-electron chi connectivity index (χ1n) is 9.09. The molecule has 3 rings (SSSR count). The summed E-state index contributed by atoms with van der Waals surface area (Å²) >= 11 is 1.70. The van der Waals surface area contributed by atoms with E-state index in [2.05, 4.69) is 61.0 Å². The fourth-order valence-corrected chi connectivity index (χ4v) is 4.74. The molecule has 4 heteroatoms. The quantitative estimate of drug-likeness (QED) is 0.682. The summed E-state index contributed by atoms with van der Waals surface area (Å²) < 4.78 is 0. The maximum absolute atomic E-state index is 9.56. The van der Waals surface area contributed by atoms with E-state index in [0.29, 0.717) is 5.92 Å². The lowest BCUT2D eigenvalue weighted by molar-refractivity contribution is 0.507. The van der Waals surface area contributed by atoms with Crippen LogP contribution in [0.1, 0.15) is 48.8 Å². The average Bonchev–Trinajstić information content (AvgIpc) is 2.98. The number of fused-ring (bicyclic) bond motifs is 1. The summed E-state index contributed by atoms with van der Waals surface area (Å²) in [5.74, 6) is 0.710. The molecule has 1 aromatic carbocycles. The monoisotopic (exact) mass is 351 g/mol. The van der Waals surface area contributed by atoms with Crippen molar-refractivity contribution in [3.8, 4) is 6.07 Å². The van der Waals surface area contributed by atoms with Crippen molar-refractivity contribution >= 4 is 28.2 Å². The number of thiophene rings is 1. The Balaban J connectivity index is 1.82. The van der Waals surface area contributed by atoms with Gasteiger partial charge in [0.25, 0.3) is 0 Å². The lowest BCUT2D eigenvalue weighted by atomic mass is 9.89. The van der Waals surface area contributed by atoms with Crippen LogP contribution >= 0.6 is 11.3 Å². The standard InChI is InChI=1S/C21H25N3S/c1-4-24(5-2)17-9-7-16(8-10-17)14-23-21-19(13-22)18-11-6-15(3)12-20(18)25-21/h7-10,14-15H,4-6,11-12H2,1-3H3/t15-/m1/s1. The van der Waals surface area contributed by atoms with E-state index in [1.165, 1.54) is 22.5 Å². The Kier molecular flexibility index (Phi) is 5.55. The highest BCUT2D eigenvalue weighted by Gasteiger charge is 2.23. The first-order valence-corrected chi connectivity index (χ1v) is 9.91. The van der Waals surface area contributed by atoms with Gasteiger partial charge < -0.3 is 4.90 Å². The molecular formula is C21H25N3S. The van der Waals surface area contributed by atoms with Crippen LogP contribution in [-0.2, 0) is 12.8 Å². The molecule has 0 amide bonds. The van der Waals surface area contributed by atoms with Gasteiger partial charge in [-0.05, 0) is 62.3 Å². The molecule has 0 radical (unpaired) electrons. The van der Waals surface area contributed by atoms with Crippen molar-refractivity contribution in [3.63, 3.8) is 0 Å². The van der Waals surface area contributed by atoms with Gasteiger partial charge in [-0.2, -0.15) is 5.26 Å². The third-order valence-electron chi connectivity index (χ3n) is 4.96. The normalized spacial score (nSPS) is 16.6. The molecule has 25 heavy (non-hydrogen) atoms. The highest BCUT2D eigenvalue weighted by Crippen LogP contribution is 2.40. The van der Waals surface area contributed by atoms with Crippen LogP contribution in [0.3, 0.4) is 0 Å². The molecule has 0 N–H and O–H groups in total. The zero-order valence-corrected chi connectivity index (χ0v) is 16.1. The van der Waals surface area contributed by atoms with E-state index in [4.69, 9.17) is 0 Å². The van der Waals surface area contributed by atoms with Crippen LogP contribution in [0, 0.1) is 17.2 Å². The molecule has 0 saturated heterocycles. The molecule has 1 aliphatic carbocycles. The van der Waals surface area contributed by atoms with Crippen molar-refractivity contribution in [1.82, 2.24) is 0 Å². The van der Waals surface area contributed by atoms with E-state index < -0.39 is 0 Å². The Morgan fingerprint density at radius 2 is 2.00 bits per heavy atom. The molecule has 0 saturated carbocycles. The van der Waals surface area contributed by atoms with Crippen molar-refractivity contribution in [2.75, 3.05) is 18.0 Å². The van der Waals surface area contributed by atoms with Gasteiger partial charge in [0.2, 0.25) is 0 Å². The van der Waals surface area contributed by atoms with Crippen LogP contribution < -0.4 is 4.90 Å². The van der Waals surface area contributed by atoms with Crippen LogP contribution in [0.15, 0.2) is 29.3 Å². The Hall–Kier alpha value is -2.12. The number of aliphatic imine (C=N–C) groups is 1. The SMILES string of the molecule is CCN(CC)c1ccc(C=Nc2sc3c(c2C#N)CC[C@@H](C)C3)cc1. The summed E-state index contributed by atoms with van der Waals surface area (Å²) in [7, 11) is 0. The van der Waals surface area contributed by atoms with Crippen molar-refractivity contribution in [3.05, 3.63) is 45.8 Å². The molecule has 130 valence electrons. The molecule has 1 aliphatic rings. The van der Waals surface area contributed by atoms with E-state index >= 15 is 0 Å². The predicted molar refractivity (Wildman–Crippen MR) is 107 cm³/mol. The summed E-state index contributed by atoms with van der Waals surface area (Å²) in [6.07, 6.45) is 5.16. The molecule has 1 aromatic heterocycles. The third kappa shape index (κ3) is 3.77. The second-order valence-corrected chi connectivity index (χ2v) is 7.75. The van der Waals surface area contributed by atoms with Gasteiger partial charge in [-0.25, -0.2) is 4.99 Å². The molecule has 0 aliphatic heterocycles. The number of rotatable bonds is 5. The summed E-state index contributed by atoms with van der Waals surface area (Å²) in [5, 5.41) is 10.4. The topological polar surface area (TPSA) is 39.4 Å². The molecule has 1 atom stereocenters. The largest absolute Gasteiger partial charge is 0.372 e. The van der Waals surface area contributed by atoms with E-state index in [9.17, 15) is 5.26 Å². The van der Waals surface area contributed by atoms with Crippen LogP contribution in [0.2, 0.25) is 0 Å². The number of anilines is 1. The van der Waals surface area contributed by atoms with Crippen LogP contribution in [0.25, 0.3) is 0 Å². The molecule has 0 bridgehead atoms. The molecule has 2 aromatic rings. The lowest BCUT2D eigenvalue weighted by Crippen LogP contribution is -2.21. The molecule has 0 fully saturated rings. The van der Waals surface area contributed by atoms with Crippen LogP contribution in [0.5, 0.6) is 0 Å². The zero-order valence-electron chi connectivity index (χ0n) is 15.2. The van der Waals surface area contributed by atoms with Gasteiger partial charge in [-0.15, -0.1) is 11.3 Å². The van der Waals surface area contributed by atoms with Crippen molar-refractivity contribution in [2.24, 2.45) is 10.9 Å². The number of nitrogens with zero attached hydrogens (tertiary/aromatic N) is 3. The number of benzene rings is 1. The minimum atomic E-state index is 0.710. The average molecular weight is 352 g/mol. The van der Waals surface area contributed by atoms with Gasteiger partial charge in [0.15, 0.2) is 0 Å². The highest BCUT2D eigenvalue weighted by molar-refractivity contribution is 7.16. The van der Waals surface area contributed by atoms with Crippen molar-refractivity contribution in [1.29, 1.82) is 5.26 Å². The van der Waals surface area contributed by atoms with E-state index in [0.717, 1.165) is 42.1 Å². The molecule has 0 unspecified atom stereocenters. The minimum absolute atomic E-state index is 0.710. The Morgan fingerprint density at radius 3 is 2.64 bits per heavy atom. The van der Waals surface area contributed by atoms with E-state index in [1.54, 1.807) is 11.3 Å². The van der Waals surface area contributed by atoms with E-state index in [1.807, 2.05) is 6.21 Å². The number of nitriles is 1. The molecule has 0 spiro atoms. The van der Waals surface area contributed by atoms with Crippen LogP contribution in [0.4, 0.5) is 10.7 Å². The third-order valence-corrected chi connectivity index (χ3v) is 6.12. The molecule has 1 heterocycles. The van der Waals surface area contributed by atoms with Crippen molar-refractivity contribution < 1.29 is 0 Å². The minimum Gasteiger partial charge on any atom is -0.372 e. The predicted octanol–water partition coefficient (Wildman–Crippen LogP) is 5.34. The Labute approximate surface area is 154 Å². The molecule has 3 nitrogen and oxygen atoms in total. The maximum Gasteiger partial charge on any atom is 0.134 e. The fraction of sp³-hybridized carbons (Fsp3) is 0.429. The Bertz CT molecular complexity index is 792. The second-order valence-electron chi connectivity index (χ2n) is 6.67. The number of hydrogen-bond donors (Lipinski definition) is 0. The summed E-state index contributed by atoms with van der Waals surface area (Å²) in [6, 6.07) is 10.9. The summed E-state index contributed by atoms with van der Waals surface area (Å²) in [6.45, 7) is 8.64. The molecular weight excluding hydrogens is 326 g/mol. The van der Waals surface area contributed by atoms with Crippen LogP contribution in [-0.4, -0.2) is 19.3 Å². The van der Waals surface area contributed by atoms with Gasteiger partial charge in [0.05, 0.1) is 5.56 Å². The smallest absolute Gasteiger partial charge is 0.134 e. The van der Waals surface area contributed by atoms with E-state index in [-0.39, 0.29) is 0 Å². The fourth-order valence-electron chi connectivity index (χ4n) is 3.44. The maximum atomic E-state index is 9.56. The Morgan fingerprint density at radius 1 is 1.28 bits per heavy atom. The highest BCUT2D eigenvalue weighted by atomic mass is 32.1. The summed E-state index contributed by atoms with van der Waals surface area (Å²) in [5.41, 5.74) is 4.34. The second kappa shape index (κ2) is 7.84.